The SMILES string of the molecule is CC(C#CC#CC(C)OSC(Cl)(Cl)Cl)OSC(Cl)(Cl)Cl. The first-order chi connectivity index (χ1) is 8.99. The van der Waals surface area contributed by atoms with E-state index in [4.69, 9.17) is 78.0 Å². The van der Waals surface area contributed by atoms with Gasteiger partial charge in [0.25, 0.3) is 6.25 Å². The molecule has 0 spiro atoms. The van der Waals surface area contributed by atoms with Crippen LogP contribution in [0.15, 0.2) is 0 Å². The molecule has 0 aromatic carbocycles. The smallest absolute Gasteiger partial charge is 0.262 e. The van der Waals surface area contributed by atoms with Crippen molar-refractivity contribution in [1.82, 2.24) is 0 Å². The predicted molar refractivity (Wildman–Crippen MR) is 92.4 cm³/mol. The van der Waals surface area contributed by atoms with E-state index in [2.05, 4.69) is 23.7 Å². The first kappa shape index (κ1) is 21.5. The third-order valence-electron chi connectivity index (χ3n) is 1.19. The van der Waals surface area contributed by atoms with E-state index >= 15 is 0 Å². The average molecular weight is 437 g/mol. The number of halogens is 6. The molecule has 0 fully saturated rings. The van der Waals surface area contributed by atoms with E-state index in [1.165, 1.54) is 0 Å². The molecule has 0 aliphatic rings. The van der Waals surface area contributed by atoms with E-state index in [1.807, 2.05) is 0 Å². The molecule has 0 aliphatic carbocycles. The zero-order valence-corrected chi connectivity index (χ0v) is 16.2. The van der Waals surface area contributed by atoms with Gasteiger partial charge >= 0.3 is 0 Å². The Morgan fingerprint density at radius 1 is 0.750 bits per heavy atom. The van der Waals surface area contributed by atoms with Gasteiger partial charge < -0.3 is 0 Å². The minimum absolute atomic E-state index is 0.448. The minimum atomic E-state index is -1.54. The minimum Gasteiger partial charge on any atom is -0.295 e. The molecule has 20 heavy (non-hydrogen) atoms. The molecular weight excluding hydrogens is 429 g/mol. The van der Waals surface area contributed by atoms with Crippen LogP contribution in [0.2, 0.25) is 0 Å². The highest BCUT2D eigenvalue weighted by Crippen LogP contribution is 2.40. The summed E-state index contributed by atoms with van der Waals surface area (Å²) < 4.78 is 7.11. The summed E-state index contributed by atoms with van der Waals surface area (Å²) in [7, 11) is 0. The van der Waals surface area contributed by atoms with Crippen LogP contribution in [0.1, 0.15) is 13.8 Å². The maximum atomic E-state index is 5.49. The van der Waals surface area contributed by atoms with E-state index < -0.39 is 18.5 Å². The molecule has 0 radical (unpaired) electrons. The molecule has 10 heteroatoms. The third-order valence-corrected chi connectivity index (χ3v) is 3.47. The molecule has 0 saturated heterocycles. The number of hydrogen-bond acceptors (Lipinski definition) is 4. The normalized spacial score (nSPS) is 14.6. The van der Waals surface area contributed by atoms with Crippen LogP contribution < -0.4 is 0 Å². The molecule has 2 unspecified atom stereocenters. The summed E-state index contributed by atoms with van der Waals surface area (Å²) in [5.41, 5.74) is 0. The van der Waals surface area contributed by atoms with Crippen LogP contribution in [0.3, 0.4) is 0 Å². The van der Waals surface area contributed by atoms with Gasteiger partial charge in [-0.25, -0.2) is 0 Å². The molecule has 0 rings (SSSR count). The van der Waals surface area contributed by atoms with Crippen molar-refractivity contribution < 1.29 is 8.37 Å². The van der Waals surface area contributed by atoms with Crippen LogP contribution in [0, 0.1) is 23.7 Å². The molecule has 0 N–H and O–H groups in total. The molecular formula is C10H8Cl6O2S2. The van der Waals surface area contributed by atoms with Crippen LogP contribution in [-0.2, 0) is 8.37 Å². The molecule has 2 nitrogen and oxygen atoms in total. The van der Waals surface area contributed by atoms with Crippen LogP contribution in [0.4, 0.5) is 0 Å². The topological polar surface area (TPSA) is 18.5 Å². The Labute approximate surface area is 157 Å². The zero-order valence-electron chi connectivity index (χ0n) is 10.1. The third kappa shape index (κ3) is 15.9. The Morgan fingerprint density at radius 2 is 1.05 bits per heavy atom. The van der Waals surface area contributed by atoms with Gasteiger partial charge in [-0.1, -0.05) is 81.4 Å². The Balaban J connectivity index is 4.10. The van der Waals surface area contributed by atoms with Crippen LogP contribution in [-0.4, -0.2) is 18.5 Å². The lowest BCUT2D eigenvalue weighted by Gasteiger charge is -2.10. The standard InChI is InChI=1S/C10H8Cl6O2S2/c1-7(17-19-9(11,12)13)5-3-4-6-8(2)18-20-10(14,15)16/h7-8H,1-2H3. The van der Waals surface area contributed by atoms with E-state index in [9.17, 15) is 0 Å². The van der Waals surface area contributed by atoms with Crippen molar-refractivity contribution in [3.8, 4) is 23.7 Å². The van der Waals surface area contributed by atoms with Crippen molar-refractivity contribution in [1.29, 1.82) is 0 Å². The number of alkyl halides is 6. The molecule has 114 valence electrons. The predicted octanol–water partition coefficient (Wildman–Crippen LogP) is 5.76. The van der Waals surface area contributed by atoms with Crippen molar-refractivity contribution in [3.05, 3.63) is 0 Å². The van der Waals surface area contributed by atoms with Gasteiger partial charge in [0.1, 0.15) is 12.2 Å². The van der Waals surface area contributed by atoms with Gasteiger partial charge in [0, 0.05) is 24.1 Å². The fourth-order valence-electron chi connectivity index (χ4n) is 0.577. The molecule has 0 aliphatic heterocycles. The molecule has 0 saturated carbocycles. The maximum absolute atomic E-state index is 5.49. The van der Waals surface area contributed by atoms with Crippen molar-refractivity contribution in [3.63, 3.8) is 0 Å². The number of hydrogen-bond donors (Lipinski definition) is 0. The molecule has 0 amide bonds. The summed E-state index contributed by atoms with van der Waals surface area (Å²) in [6.45, 7) is 3.38. The monoisotopic (exact) mass is 434 g/mol. The largest absolute Gasteiger partial charge is 0.295 e. The highest BCUT2D eigenvalue weighted by Gasteiger charge is 2.23. The van der Waals surface area contributed by atoms with Gasteiger partial charge in [0.2, 0.25) is 0 Å². The van der Waals surface area contributed by atoms with Crippen LogP contribution in [0.5, 0.6) is 0 Å². The Bertz CT molecular complexity index is 372. The van der Waals surface area contributed by atoms with Gasteiger partial charge in [-0.2, -0.15) is 0 Å². The Kier molecular flexibility index (Phi) is 11.1. The molecule has 0 aromatic heterocycles. The second kappa shape index (κ2) is 10.3. The van der Waals surface area contributed by atoms with E-state index in [0.717, 1.165) is 0 Å². The van der Waals surface area contributed by atoms with Gasteiger partial charge in [0.05, 0.1) is 0 Å². The number of rotatable bonds is 4. The Morgan fingerprint density at radius 3 is 1.30 bits per heavy atom. The van der Waals surface area contributed by atoms with Crippen molar-refractivity contribution in [2.75, 3.05) is 0 Å². The lowest BCUT2D eigenvalue weighted by molar-refractivity contribution is 0.330. The van der Waals surface area contributed by atoms with E-state index in [1.54, 1.807) is 13.8 Å². The summed E-state index contributed by atoms with van der Waals surface area (Å²) in [5.74, 6) is 10.6. The lowest BCUT2D eigenvalue weighted by Crippen LogP contribution is -2.05. The maximum Gasteiger partial charge on any atom is 0.262 e. The average Bonchev–Trinajstić information content (AvgIpc) is 2.27. The van der Waals surface area contributed by atoms with Crippen molar-refractivity contribution >= 4 is 93.7 Å². The molecule has 2 atom stereocenters. The summed E-state index contributed by atoms with van der Waals surface area (Å²) in [6.07, 6.45) is -0.895. The summed E-state index contributed by atoms with van der Waals surface area (Å²) in [6, 6.07) is 0. The first-order valence-electron chi connectivity index (χ1n) is 4.83. The quantitative estimate of drug-likeness (QED) is 0.317. The van der Waals surface area contributed by atoms with Gasteiger partial charge in [-0.05, 0) is 25.7 Å². The first-order valence-corrected chi connectivity index (χ1v) is 8.58. The summed E-state index contributed by atoms with van der Waals surface area (Å²) in [4.78, 5) is 0. The highest BCUT2D eigenvalue weighted by molar-refractivity contribution is 8.00. The summed E-state index contributed by atoms with van der Waals surface area (Å²) in [5, 5.41) is 0. The fourth-order valence-corrected chi connectivity index (χ4v) is 1.83. The molecule has 0 bridgehead atoms. The molecule has 0 heterocycles. The molecule has 0 aromatic rings. The second-order valence-corrected chi connectivity index (χ2v) is 10.9. The van der Waals surface area contributed by atoms with Gasteiger partial charge in [0.15, 0.2) is 0 Å². The second-order valence-electron chi connectivity index (χ2n) is 3.07. The van der Waals surface area contributed by atoms with Crippen molar-refractivity contribution in [2.24, 2.45) is 0 Å². The van der Waals surface area contributed by atoms with E-state index in [0.29, 0.717) is 24.1 Å². The lowest BCUT2D eigenvalue weighted by atomic mass is 10.4. The van der Waals surface area contributed by atoms with Crippen LogP contribution in [0.25, 0.3) is 0 Å². The van der Waals surface area contributed by atoms with Gasteiger partial charge in [-0.15, -0.1) is 0 Å². The Hall–Kier alpha value is 1.48. The van der Waals surface area contributed by atoms with Crippen molar-refractivity contribution in [2.45, 2.75) is 32.3 Å². The summed E-state index contributed by atoms with van der Waals surface area (Å²) >= 11 is 34.3. The van der Waals surface area contributed by atoms with Gasteiger partial charge in [-0.3, -0.25) is 8.37 Å². The zero-order chi connectivity index (χ0) is 15.8. The highest BCUT2D eigenvalue weighted by atomic mass is 35.6. The van der Waals surface area contributed by atoms with Crippen LogP contribution >= 0.6 is 93.7 Å². The fraction of sp³-hybridized carbons (Fsp3) is 0.600. The van der Waals surface area contributed by atoms with E-state index in [-0.39, 0.29) is 0 Å².